The molecule has 0 bridgehead atoms. The number of nitrogens with zero attached hydrogens (tertiary/aromatic N) is 3. The fraction of sp³-hybridized carbons (Fsp3) is 0.643. The summed E-state index contributed by atoms with van der Waals surface area (Å²) >= 11 is 1.53. The number of likely N-dealkylation sites (tertiary alicyclic amines) is 1. The Labute approximate surface area is 123 Å². The average molecular weight is 293 g/mol. The van der Waals surface area contributed by atoms with Crippen molar-refractivity contribution in [2.24, 2.45) is 0 Å². The third kappa shape index (κ3) is 3.70. The Bertz CT molecular complexity index is 519. The lowest BCUT2D eigenvalue weighted by Crippen LogP contribution is -2.41. The van der Waals surface area contributed by atoms with E-state index in [0.717, 1.165) is 17.8 Å². The molecule has 1 aromatic rings. The van der Waals surface area contributed by atoms with Crippen LogP contribution < -0.4 is 0 Å². The van der Waals surface area contributed by atoms with Crippen molar-refractivity contribution in [1.29, 1.82) is 5.26 Å². The van der Waals surface area contributed by atoms with E-state index in [1.165, 1.54) is 11.3 Å². The number of aromatic nitrogens is 1. The van der Waals surface area contributed by atoms with Gasteiger partial charge in [-0.25, -0.2) is 9.78 Å². The van der Waals surface area contributed by atoms with E-state index in [0.29, 0.717) is 24.7 Å². The first-order valence-corrected chi connectivity index (χ1v) is 7.60. The topological polar surface area (TPSA) is 66.2 Å². The molecule has 1 aliphatic rings. The first kappa shape index (κ1) is 14.8. The van der Waals surface area contributed by atoms with Crippen molar-refractivity contribution in [2.75, 3.05) is 13.1 Å². The normalized spacial score (nSPS) is 16.8. The van der Waals surface area contributed by atoms with Crippen molar-refractivity contribution in [3.05, 3.63) is 16.1 Å². The minimum Gasteiger partial charge on any atom is -0.444 e. The Balaban J connectivity index is 1.89. The molecule has 1 aliphatic heterocycles. The van der Waals surface area contributed by atoms with Crippen molar-refractivity contribution >= 4 is 17.4 Å². The predicted octanol–water partition coefficient (Wildman–Crippen LogP) is 3.13. The molecule has 20 heavy (non-hydrogen) atoms. The molecule has 5 nitrogen and oxygen atoms in total. The molecule has 1 saturated heterocycles. The summed E-state index contributed by atoms with van der Waals surface area (Å²) < 4.78 is 5.37. The quantitative estimate of drug-likeness (QED) is 0.798. The zero-order valence-corrected chi connectivity index (χ0v) is 12.9. The van der Waals surface area contributed by atoms with Crippen LogP contribution in [0.3, 0.4) is 0 Å². The Kier molecular flexibility index (Phi) is 4.29. The van der Waals surface area contributed by atoms with Gasteiger partial charge in [-0.15, -0.1) is 11.3 Å². The number of ether oxygens (including phenoxy) is 1. The highest BCUT2D eigenvalue weighted by Gasteiger charge is 2.28. The number of amides is 1. The molecule has 6 heteroatoms. The highest BCUT2D eigenvalue weighted by atomic mass is 32.1. The Morgan fingerprint density at radius 2 is 2.15 bits per heavy atom. The summed E-state index contributed by atoms with van der Waals surface area (Å²) in [5.41, 5.74) is 0.0323. The number of carbonyl (C=O) groups excluding carboxylic acids is 1. The maximum Gasteiger partial charge on any atom is 0.410 e. The van der Waals surface area contributed by atoms with Crippen molar-refractivity contribution < 1.29 is 9.53 Å². The van der Waals surface area contributed by atoms with Gasteiger partial charge in [0.15, 0.2) is 5.69 Å². The highest BCUT2D eigenvalue weighted by Crippen LogP contribution is 2.30. The van der Waals surface area contributed by atoms with Crippen LogP contribution in [0.15, 0.2) is 5.38 Å². The molecule has 0 radical (unpaired) electrons. The van der Waals surface area contributed by atoms with Gasteiger partial charge in [0.2, 0.25) is 0 Å². The number of piperidine rings is 1. The van der Waals surface area contributed by atoms with E-state index in [2.05, 4.69) is 11.1 Å². The lowest BCUT2D eigenvalue weighted by Gasteiger charge is -2.32. The molecular formula is C14H19N3O2S. The molecule has 1 fully saturated rings. The Morgan fingerprint density at radius 1 is 1.50 bits per heavy atom. The van der Waals surface area contributed by atoms with Gasteiger partial charge in [-0.3, -0.25) is 0 Å². The number of rotatable bonds is 1. The van der Waals surface area contributed by atoms with E-state index >= 15 is 0 Å². The van der Waals surface area contributed by atoms with Gasteiger partial charge in [-0.2, -0.15) is 5.26 Å². The largest absolute Gasteiger partial charge is 0.444 e. The molecule has 0 N–H and O–H groups in total. The van der Waals surface area contributed by atoms with Crippen molar-refractivity contribution in [2.45, 2.75) is 45.1 Å². The van der Waals surface area contributed by atoms with Gasteiger partial charge in [0.05, 0.1) is 5.01 Å². The van der Waals surface area contributed by atoms with E-state index in [4.69, 9.17) is 10.00 Å². The molecule has 0 atom stereocenters. The molecule has 0 saturated carbocycles. The number of hydrogen-bond donors (Lipinski definition) is 0. The Hall–Kier alpha value is -1.61. The van der Waals surface area contributed by atoms with Crippen LogP contribution in [0.2, 0.25) is 0 Å². The molecule has 2 heterocycles. The summed E-state index contributed by atoms with van der Waals surface area (Å²) in [5, 5.41) is 11.6. The lowest BCUT2D eigenvalue weighted by molar-refractivity contribution is 0.0205. The second-order valence-electron chi connectivity index (χ2n) is 5.92. The molecule has 0 aromatic carbocycles. The lowest BCUT2D eigenvalue weighted by atomic mass is 9.98. The highest BCUT2D eigenvalue weighted by molar-refractivity contribution is 7.09. The van der Waals surface area contributed by atoms with Crippen molar-refractivity contribution in [1.82, 2.24) is 9.88 Å². The smallest absolute Gasteiger partial charge is 0.410 e. The molecule has 0 aliphatic carbocycles. The molecule has 2 rings (SSSR count). The third-order valence-corrected chi connectivity index (χ3v) is 4.14. The van der Waals surface area contributed by atoms with Gasteiger partial charge in [0.1, 0.15) is 11.7 Å². The fourth-order valence-electron chi connectivity index (χ4n) is 2.16. The summed E-state index contributed by atoms with van der Waals surface area (Å²) in [4.78, 5) is 18.0. The van der Waals surface area contributed by atoms with Crippen LogP contribution in [-0.4, -0.2) is 34.7 Å². The van der Waals surface area contributed by atoms with Crippen LogP contribution in [0, 0.1) is 11.3 Å². The van der Waals surface area contributed by atoms with Crippen LogP contribution in [-0.2, 0) is 4.74 Å². The number of nitriles is 1. The van der Waals surface area contributed by atoms with Crippen molar-refractivity contribution in [3.63, 3.8) is 0 Å². The monoisotopic (exact) mass is 293 g/mol. The van der Waals surface area contributed by atoms with E-state index in [1.54, 1.807) is 10.3 Å². The standard InChI is InChI=1S/C14H19N3O2S/c1-14(2,3)19-13(18)17-6-4-10(5-7-17)12-16-11(8-15)9-20-12/h9-10H,4-7H2,1-3H3. The van der Waals surface area contributed by atoms with Crippen LogP contribution in [0.4, 0.5) is 4.79 Å². The summed E-state index contributed by atoms with van der Waals surface area (Å²) in [6, 6.07) is 2.05. The molecule has 1 amide bonds. The summed E-state index contributed by atoms with van der Waals surface area (Å²) in [7, 11) is 0. The van der Waals surface area contributed by atoms with E-state index in [-0.39, 0.29) is 6.09 Å². The van der Waals surface area contributed by atoms with Gasteiger partial charge in [-0.1, -0.05) is 0 Å². The zero-order chi connectivity index (χ0) is 14.8. The average Bonchev–Trinajstić information content (AvgIpc) is 2.85. The van der Waals surface area contributed by atoms with Gasteiger partial charge >= 0.3 is 6.09 Å². The predicted molar refractivity (Wildman–Crippen MR) is 76.6 cm³/mol. The molecule has 0 spiro atoms. The number of thiazole rings is 1. The van der Waals surface area contributed by atoms with Crippen LogP contribution >= 0.6 is 11.3 Å². The summed E-state index contributed by atoms with van der Waals surface area (Å²) in [6.07, 6.45) is 1.50. The second kappa shape index (κ2) is 5.80. The summed E-state index contributed by atoms with van der Waals surface area (Å²) in [6.45, 7) is 6.98. The fourth-order valence-corrected chi connectivity index (χ4v) is 3.08. The van der Waals surface area contributed by atoms with Gasteiger partial charge < -0.3 is 9.64 Å². The van der Waals surface area contributed by atoms with Crippen molar-refractivity contribution in [3.8, 4) is 6.07 Å². The third-order valence-electron chi connectivity index (χ3n) is 3.13. The Morgan fingerprint density at radius 3 is 2.65 bits per heavy atom. The summed E-state index contributed by atoms with van der Waals surface area (Å²) in [5.74, 6) is 0.348. The second-order valence-corrected chi connectivity index (χ2v) is 6.81. The van der Waals surface area contributed by atoms with Gasteiger partial charge in [-0.05, 0) is 33.6 Å². The maximum atomic E-state index is 12.0. The van der Waals surface area contributed by atoms with Crippen LogP contribution in [0.1, 0.15) is 50.2 Å². The first-order valence-electron chi connectivity index (χ1n) is 6.72. The minimum absolute atomic E-state index is 0.243. The number of hydrogen-bond acceptors (Lipinski definition) is 5. The van der Waals surface area contributed by atoms with Crippen LogP contribution in [0.25, 0.3) is 0 Å². The minimum atomic E-state index is -0.453. The van der Waals surface area contributed by atoms with Crippen LogP contribution in [0.5, 0.6) is 0 Å². The molecule has 1 aromatic heterocycles. The molecular weight excluding hydrogens is 274 g/mol. The zero-order valence-electron chi connectivity index (χ0n) is 12.0. The van der Waals surface area contributed by atoms with Gasteiger partial charge in [0, 0.05) is 24.4 Å². The SMILES string of the molecule is CC(C)(C)OC(=O)N1CCC(c2nc(C#N)cs2)CC1. The molecule has 0 unspecified atom stereocenters. The van der Waals surface area contributed by atoms with Gasteiger partial charge in [0.25, 0.3) is 0 Å². The van der Waals surface area contributed by atoms with E-state index in [1.807, 2.05) is 20.8 Å². The first-order chi connectivity index (χ1) is 9.39. The number of carbonyl (C=O) groups is 1. The maximum absolute atomic E-state index is 12.0. The molecule has 108 valence electrons. The van der Waals surface area contributed by atoms with E-state index < -0.39 is 5.60 Å². The van der Waals surface area contributed by atoms with E-state index in [9.17, 15) is 4.79 Å².